The van der Waals surface area contributed by atoms with E-state index in [0.717, 1.165) is 11.8 Å². The Morgan fingerprint density at radius 3 is 1.70 bits per heavy atom. The highest BCUT2D eigenvalue weighted by atomic mass is 32.3. The molecule has 1 aliphatic heterocycles. The Bertz CT molecular complexity index is 93.8. The Morgan fingerprint density at radius 1 is 0.900 bits per heavy atom. The molecule has 0 atom stereocenters. The van der Waals surface area contributed by atoms with E-state index in [1.807, 2.05) is 0 Å². The highest BCUT2D eigenvalue weighted by Gasteiger charge is 2.22. The first kappa shape index (κ1) is 8.37. The molecule has 0 aromatic rings. The molecule has 1 saturated heterocycles. The Balaban J connectivity index is 2.44. The van der Waals surface area contributed by atoms with E-state index in [0.29, 0.717) is 0 Å². The second-order valence-corrected chi connectivity index (χ2v) is 6.96. The van der Waals surface area contributed by atoms with Gasteiger partial charge in [0.2, 0.25) is 0 Å². The van der Waals surface area contributed by atoms with Crippen molar-refractivity contribution in [2.45, 2.75) is 19.3 Å². The van der Waals surface area contributed by atoms with E-state index in [9.17, 15) is 0 Å². The molecule has 1 rings (SSSR count). The van der Waals surface area contributed by atoms with Gasteiger partial charge in [-0.25, -0.2) is 10.0 Å². The second kappa shape index (κ2) is 3.60. The first-order chi connectivity index (χ1) is 4.83. The summed E-state index contributed by atoms with van der Waals surface area (Å²) >= 11 is 0. The van der Waals surface area contributed by atoms with Crippen LogP contribution in [0.1, 0.15) is 19.3 Å². The lowest BCUT2D eigenvalue weighted by molar-refractivity contribution is 0.750. The maximum atomic E-state index is 5.71. The average molecular weight is 162 g/mol. The first-order valence-corrected chi connectivity index (χ1v) is 6.28. The van der Waals surface area contributed by atoms with Gasteiger partial charge in [-0.05, 0) is 24.3 Å². The van der Waals surface area contributed by atoms with Gasteiger partial charge in [-0.1, -0.05) is 6.42 Å². The van der Waals surface area contributed by atoms with Crippen LogP contribution in [0.2, 0.25) is 0 Å². The predicted octanol–water partition coefficient (Wildman–Crippen LogP) is 0.807. The standard InChI is InChI=1S/C7H18N2S/c8-6-10(7-9)4-2-1-3-5-10/h1-9H2. The van der Waals surface area contributed by atoms with Crippen LogP contribution in [0.5, 0.6) is 0 Å². The zero-order valence-electron chi connectivity index (χ0n) is 6.51. The van der Waals surface area contributed by atoms with Gasteiger partial charge in [0.15, 0.2) is 0 Å². The van der Waals surface area contributed by atoms with Crippen LogP contribution in [0.25, 0.3) is 0 Å². The molecular formula is C7H18N2S. The summed E-state index contributed by atoms with van der Waals surface area (Å²) in [5.41, 5.74) is 11.4. The van der Waals surface area contributed by atoms with Crippen molar-refractivity contribution in [1.82, 2.24) is 0 Å². The normalized spacial score (nSPS) is 27.8. The van der Waals surface area contributed by atoms with Crippen molar-refractivity contribution in [3.05, 3.63) is 0 Å². The summed E-state index contributed by atoms with van der Waals surface area (Å²) in [6.07, 6.45) is 4.13. The Kier molecular flexibility index (Phi) is 3.01. The summed E-state index contributed by atoms with van der Waals surface area (Å²) in [5.74, 6) is 4.40. The summed E-state index contributed by atoms with van der Waals surface area (Å²) in [6, 6.07) is 0. The molecule has 1 fully saturated rings. The lowest BCUT2D eigenvalue weighted by Crippen LogP contribution is -2.28. The molecule has 0 radical (unpaired) electrons. The van der Waals surface area contributed by atoms with Gasteiger partial charge in [0, 0.05) is 11.8 Å². The molecule has 0 aromatic carbocycles. The maximum absolute atomic E-state index is 5.71. The fourth-order valence-electron chi connectivity index (χ4n) is 1.50. The SMILES string of the molecule is NCS1(CN)CCCCC1. The summed E-state index contributed by atoms with van der Waals surface area (Å²) < 4.78 is 0. The number of hydrogen-bond acceptors (Lipinski definition) is 2. The van der Waals surface area contributed by atoms with E-state index >= 15 is 0 Å². The monoisotopic (exact) mass is 162 g/mol. The molecule has 3 heteroatoms. The highest BCUT2D eigenvalue weighted by molar-refractivity contribution is 8.33. The van der Waals surface area contributed by atoms with Crippen LogP contribution < -0.4 is 11.5 Å². The molecule has 1 aliphatic rings. The van der Waals surface area contributed by atoms with Crippen LogP contribution in [0.15, 0.2) is 0 Å². The Labute approximate surface area is 64.7 Å². The minimum absolute atomic E-state index is 0.518. The molecule has 0 amide bonds. The first-order valence-electron chi connectivity index (χ1n) is 3.97. The fraction of sp³-hybridized carbons (Fsp3) is 1.00. The van der Waals surface area contributed by atoms with E-state index < -0.39 is 10.0 Å². The minimum Gasteiger partial charge on any atom is -0.323 e. The minimum atomic E-state index is -0.518. The summed E-state index contributed by atoms with van der Waals surface area (Å²) in [5, 5.41) is 0. The molecular weight excluding hydrogens is 144 g/mol. The summed E-state index contributed by atoms with van der Waals surface area (Å²) in [6.45, 7) is 0. The third-order valence-corrected chi connectivity index (χ3v) is 6.09. The lowest BCUT2D eigenvalue weighted by Gasteiger charge is -2.40. The Hall–Kier alpha value is 0.270. The van der Waals surface area contributed by atoms with Crippen molar-refractivity contribution in [2.24, 2.45) is 11.5 Å². The van der Waals surface area contributed by atoms with Gasteiger partial charge >= 0.3 is 0 Å². The van der Waals surface area contributed by atoms with Crippen molar-refractivity contribution in [1.29, 1.82) is 0 Å². The maximum Gasteiger partial charge on any atom is 0.0246 e. The van der Waals surface area contributed by atoms with Gasteiger partial charge in [0.25, 0.3) is 0 Å². The van der Waals surface area contributed by atoms with Crippen molar-refractivity contribution >= 4 is 10.0 Å². The van der Waals surface area contributed by atoms with Crippen molar-refractivity contribution in [2.75, 3.05) is 23.3 Å². The van der Waals surface area contributed by atoms with E-state index in [1.54, 1.807) is 0 Å². The molecule has 0 aliphatic carbocycles. The molecule has 0 unspecified atom stereocenters. The zero-order chi connectivity index (χ0) is 7.45. The zero-order valence-corrected chi connectivity index (χ0v) is 7.33. The van der Waals surface area contributed by atoms with Gasteiger partial charge in [0.05, 0.1) is 0 Å². The predicted molar refractivity (Wildman–Crippen MR) is 49.3 cm³/mol. The molecule has 2 nitrogen and oxygen atoms in total. The third-order valence-electron chi connectivity index (χ3n) is 2.36. The molecule has 10 heavy (non-hydrogen) atoms. The molecule has 1 heterocycles. The largest absolute Gasteiger partial charge is 0.323 e. The van der Waals surface area contributed by atoms with Crippen LogP contribution in [0, 0.1) is 0 Å². The highest BCUT2D eigenvalue weighted by Crippen LogP contribution is 2.48. The smallest absolute Gasteiger partial charge is 0.0246 e. The summed E-state index contributed by atoms with van der Waals surface area (Å²) in [4.78, 5) is 0. The molecule has 0 spiro atoms. The number of nitrogens with two attached hydrogens (primary N) is 2. The van der Waals surface area contributed by atoms with E-state index in [1.165, 1.54) is 30.8 Å². The van der Waals surface area contributed by atoms with Crippen molar-refractivity contribution < 1.29 is 0 Å². The van der Waals surface area contributed by atoms with Crippen LogP contribution >= 0.6 is 10.0 Å². The van der Waals surface area contributed by atoms with Gasteiger partial charge in [-0.15, -0.1) is 0 Å². The van der Waals surface area contributed by atoms with E-state index in [4.69, 9.17) is 11.5 Å². The fourth-order valence-corrected chi connectivity index (χ4v) is 4.14. The van der Waals surface area contributed by atoms with Crippen LogP contribution in [-0.4, -0.2) is 23.3 Å². The van der Waals surface area contributed by atoms with Gasteiger partial charge in [-0.2, -0.15) is 0 Å². The average Bonchev–Trinajstić information content (AvgIpc) is 2.06. The molecule has 0 saturated carbocycles. The Morgan fingerprint density at radius 2 is 1.40 bits per heavy atom. The lowest BCUT2D eigenvalue weighted by atomic mass is 10.3. The molecule has 0 bridgehead atoms. The van der Waals surface area contributed by atoms with Crippen LogP contribution in [-0.2, 0) is 0 Å². The van der Waals surface area contributed by atoms with Crippen LogP contribution in [0.3, 0.4) is 0 Å². The molecule has 62 valence electrons. The van der Waals surface area contributed by atoms with Crippen molar-refractivity contribution in [3.8, 4) is 0 Å². The van der Waals surface area contributed by atoms with Crippen LogP contribution in [0.4, 0.5) is 0 Å². The molecule has 4 N–H and O–H groups in total. The third kappa shape index (κ3) is 1.65. The quantitative estimate of drug-likeness (QED) is 0.631. The van der Waals surface area contributed by atoms with Gasteiger partial charge in [0.1, 0.15) is 0 Å². The topological polar surface area (TPSA) is 52.0 Å². The number of hydrogen-bond donors (Lipinski definition) is 2. The van der Waals surface area contributed by atoms with Crippen molar-refractivity contribution in [3.63, 3.8) is 0 Å². The number of rotatable bonds is 2. The van der Waals surface area contributed by atoms with E-state index in [2.05, 4.69) is 0 Å². The summed E-state index contributed by atoms with van der Waals surface area (Å²) in [7, 11) is -0.518. The molecule has 0 aromatic heterocycles. The van der Waals surface area contributed by atoms with Gasteiger partial charge in [-0.3, -0.25) is 0 Å². The van der Waals surface area contributed by atoms with Gasteiger partial charge < -0.3 is 11.5 Å². The second-order valence-electron chi connectivity index (χ2n) is 3.03. The van der Waals surface area contributed by atoms with E-state index in [-0.39, 0.29) is 0 Å².